The molecule has 0 heterocycles. The van der Waals surface area contributed by atoms with Gasteiger partial charge in [0.2, 0.25) is 15.6 Å². The molecule has 0 aromatic carbocycles. The molecule has 3 unspecified atom stereocenters. The van der Waals surface area contributed by atoms with Crippen LogP contribution in [0.3, 0.4) is 0 Å². The second-order valence-corrected chi connectivity index (χ2v) is 12.3. The topological polar surface area (TPSA) is 85.3 Å². The Morgan fingerprint density at radius 2 is 1.56 bits per heavy atom. The number of hydrogen-bond acceptors (Lipinski definition) is 5. The summed E-state index contributed by atoms with van der Waals surface area (Å²) in [6, 6.07) is 0. The van der Waals surface area contributed by atoms with Crippen molar-refractivity contribution < 1.29 is 43.6 Å². The summed E-state index contributed by atoms with van der Waals surface area (Å²) >= 11 is 0. The van der Waals surface area contributed by atoms with Crippen molar-refractivity contribution in [2.45, 2.75) is 56.7 Å². The molecular weight excluding hydrogens is 419 g/mol. The summed E-state index contributed by atoms with van der Waals surface area (Å²) in [4.78, 5) is 11.8. The molecule has 3 rings (SSSR count). The van der Waals surface area contributed by atoms with Gasteiger partial charge in [0.25, 0.3) is 9.84 Å². The van der Waals surface area contributed by atoms with Gasteiger partial charge < -0.3 is 0 Å². The normalized spacial score (nSPS) is 28.5. The summed E-state index contributed by atoms with van der Waals surface area (Å²) < 4.78 is 110. The zero-order valence-electron chi connectivity index (χ0n) is 14.7. The number of carbonyl (C=O) groups excluding carboxylic acids is 1. The third-order valence-electron chi connectivity index (χ3n) is 6.12. The van der Waals surface area contributed by atoms with Gasteiger partial charge in [-0.2, -0.15) is 22.0 Å². The summed E-state index contributed by atoms with van der Waals surface area (Å²) in [5.74, 6) is -1.37. The first-order chi connectivity index (χ1) is 11.9. The van der Waals surface area contributed by atoms with Crippen molar-refractivity contribution in [2.75, 3.05) is 5.08 Å². The van der Waals surface area contributed by atoms with Crippen LogP contribution in [0.15, 0.2) is 0 Å². The van der Waals surface area contributed by atoms with E-state index < -0.39 is 47.7 Å². The number of sulfone groups is 2. The minimum atomic E-state index is -6.35. The lowest BCUT2D eigenvalue weighted by Gasteiger charge is -2.60. The Kier molecular flexibility index (Phi) is 5.53. The van der Waals surface area contributed by atoms with Crippen molar-refractivity contribution in [3.8, 4) is 0 Å². The minimum absolute atomic E-state index is 0.00319. The van der Waals surface area contributed by atoms with E-state index in [4.69, 9.17) is 0 Å². The lowest BCUT2D eigenvalue weighted by molar-refractivity contribution is -0.136. The van der Waals surface area contributed by atoms with Crippen LogP contribution in [0.4, 0.5) is 22.0 Å². The molecule has 5 nitrogen and oxygen atoms in total. The summed E-state index contributed by atoms with van der Waals surface area (Å²) in [6.07, 6.45) is 1.66. The SMILES string of the molecule is CC1(C)C2CCC(CCC(=O)C(F)(F)S(=O)(=O)CS(=O)(=O)C(F)(F)F)C1C2. The molecule has 3 fully saturated rings. The lowest BCUT2D eigenvalue weighted by Crippen LogP contribution is -2.52. The van der Waals surface area contributed by atoms with Gasteiger partial charge in [-0.3, -0.25) is 4.79 Å². The van der Waals surface area contributed by atoms with Crippen molar-refractivity contribution in [3.63, 3.8) is 0 Å². The fourth-order valence-electron chi connectivity index (χ4n) is 4.29. The van der Waals surface area contributed by atoms with E-state index in [1.165, 1.54) is 0 Å². The summed E-state index contributed by atoms with van der Waals surface area (Å²) in [6.45, 7) is 4.09. The van der Waals surface area contributed by atoms with E-state index in [0.29, 0.717) is 12.3 Å². The van der Waals surface area contributed by atoms with E-state index in [2.05, 4.69) is 0 Å². The van der Waals surface area contributed by atoms with Gasteiger partial charge >= 0.3 is 10.8 Å². The highest BCUT2D eigenvalue weighted by Crippen LogP contribution is 2.62. The number of carbonyl (C=O) groups is 1. The Bertz CT molecular complexity index is 812. The van der Waals surface area contributed by atoms with Gasteiger partial charge in [-0.15, -0.1) is 0 Å². The van der Waals surface area contributed by atoms with Crippen molar-refractivity contribution in [3.05, 3.63) is 0 Å². The highest BCUT2D eigenvalue weighted by Gasteiger charge is 2.59. The fourth-order valence-corrected chi connectivity index (χ4v) is 7.50. The quantitative estimate of drug-likeness (QED) is 0.567. The maximum atomic E-state index is 14.0. The van der Waals surface area contributed by atoms with Crippen LogP contribution in [-0.4, -0.2) is 38.5 Å². The van der Waals surface area contributed by atoms with Gasteiger partial charge in [0.1, 0.15) is 0 Å². The largest absolute Gasteiger partial charge is 0.498 e. The molecule has 3 aliphatic rings. The molecule has 0 saturated heterocycles. The molecule has 0 aromatic heterocycles. The number of alkyl halides is 5. The van der Waals surface area contributed by atoms with Crippen LogP contribution in [0.1, 0.15) is 46.0 Å². The van der Waals surface area contributed by atoms with Crippen LogP contribution in [0, 0.1) is 23.2 Å². The zero-order valence-corrected chi connectivity index (χ0v) is 16.4. The van der Waals surface area contributed by atoms with Gasteiger partial charge in [0.15, 0.2) is 5.08 Å². The first kappa shape index (κ1) is 22.5. The second kappa shape index (κ2) is 6.64. The van der Waals surface area contributed by atoms with Gasteiger partial charge in [-0.25, -0.2) is 16.8 Å². The molecule has 0 aliphatic heterocycles. The molecule has 3 aliphatic carbocycles. The smallest absolute Gasteiger partial charge is 0.292 e. The molecule has 2 bridgehead atoms. The number of hydrogen-bond donors (Lipinski definition) is 0. The van der Waals surface area contributed by atoms with E-state index in [-0.39, 0.29) is 23.7 Å². The average Bonchev–Trinajstić information content (AvgIpc) is 2.50. The molecule has 0 aromatic rings. The third kappa shape index (κ3) is 3.88. The van der Waals surface area contributed by atoms with Crippen LogP contribution in [0.25, 0.3) is 0 Å². The number of halogens is 5. The van der Waals surface area contributed by atoms with Crippen LogP contribution >= 0.6 is 0 Å². The van der Waals surface area contributed by atoms with E-state index in [9.17, 15) is 43.6 Å². The van der Waals surface area contributed by atoms with E-state index in [1.807, 2.05) is 13.8 Å². The second-order valence-electron chi connectivity index (χ2n) is 7.97. The molecule has 0 radical (unpaired) electrons. The first-order valence-electron chi connectivity index (χ1n) is 8.36. The molecule has 3 saturated carbocycles. The molecule has 0 spiro atoms. The first-order valence-corrected chi connectivity index (χ1v) is 11.7. The Labute approximate surface area is 154 Å². The lowest BCUT2D eigenvalue weighted by atomic mass is 9.45. The van der Waals surface area contributed by atoms with E-state index >= 15 is 0 Å². The van der Waals surface area contributed by atoms with Crippen LogP contribution in [0.5, 0.6) is 0 Å². The third-order valence-corrected chi connectivity index (χ3v) is 10.3. The van der Waals surface area contributed by atoms with Gasteiger partial charge in [0, 0.05) is 6.42 Å². The van der Waals surface area contributed by atoms with Gasteiger partial charge in [0.05, 0.1) is 0 Å². The molecule has 27 heavy (non-hydrogen) atoms. The molecule has 3 atom stereocenters. The number of ketones is 1. The van der Waals surface area contributed by atoms with Crippen molar-refractivity contribution in [2.24, 2.45) is 23.2 Å². The minimum Gasteiger partial charge on any atom is -0.292 e. The predicted molar refractivity (Wildman–Crippen MR) is 86.1 cm³/mol. The highest BCUT2D eigenvalue weighted by atomic mass is 32.3. The summed E-state index contributed by atoms with van der Waals surface area (Å²) in [7, 11) is -12.5. The van der Waals surface area contributed by atoms with Crippen molar-refractivity contribution in [1.29, 1.82) is 0 Å². The van der Waals surface area contributed by atoms with Gasteiger partial charge in [-0.05, 0) is 48.9 Å². The fraction of sp³-hybridized carbons (Fsp3) is 0.933. The summed E-state index contributed by atoms with van der Waals surface area (Å²) in [5, 5.41) is -8.04. The van der Waals surface area contributed by atoms with Crippen LogP contribution in [0.2, 0.25) is 0 Å². The van der Waals surface area contributed by atoms with Crippen molar-refractivity contribution >= 4 is 25.5 Å². The maximum absolute atomic E-state index is 14.0. The van der Waals surface area contributed by atoms with Crippen LogP contribution in [-0.2, 0) is 24.5 Å². The number of rotatable bonds is 7. The molecular formula is C15H21F5O5S2. The Hall–Kier alpha value is -0.780. The Morgan fingerprint density at radius 1 is 1.00 bits per heavy atom. The molecule has 12 heteroatoms. The molecule has 0 N–H and O–H groups in total. The Morgan fingerprint density at radius 3 is 2.00 bits per heavy atom. The maximum Gasteiger partial charge on any atom is 0.498 e. The predicted octanol–water partition coefficient (Wildman–Crippen LogP) is 3.31. The standard InChI is InChI=1S/C15H21F5O5S2/c1-13(2)10-5-3-9(11(13)7-10)4-6-12(21)14(16,17)26(22,23)8-27(24,25)15(18,19)20/h9-11H,3-8H2,1-2H3. The summed E-state index contributed by atoms with van der Waals surface area (Å²) in [5.41, 5.74) is -5.99. The van der Waals surface area contributed by atoms with Gasteiger partial charge in [-0.1, -0.05) is 13.8 Å². The van der Waals surface area contributed by atoms with E-state index in [0.717, 1.165) is 12.8 Å². The zero-order chi connectivity index (χ0) is 21.1. The van der Waals surface area contributed by atoms with E-state index in [1.54, 1.807) is 0 Å². The van der Waals surface area contributed by atoms with Crippen LogP contribution < -0.4 is 0 Å². The number of Topliss-reactive ketones (excluding diaryl/α,β-unsaturated/α-hetero) is 1. The monoisotopic (exact) mass is 440 g/mol. The molecule has 0 amide bonds. The van der Waals surface area contributed by atoms with Crippen molar-refractivity contribution in [1.82, 2.24) is 0 Å². The molecule has 158 valence electrons. The number of fused-ring (bicyclic) bond motifs is 2. The average molecular weight is 440 g/mol. The highest BCUT2D eigenvalue weighted by molar-refractivity contribution is 8.09. The Balaban J connectivity index is 2.06.